The van der Waals surface area contributed by atoms with Crippen LogP contribution in [0.1, 0.15) is 45.7 Å². The number of nitrogens with two attached hydrogens (primary N) is 1. The molecule has 1 rings (SSSR count). The molecule has 0 aliphatic carbocycles. The van der Waals surface area contributed by atoms with Crippen LogP contribution in [0.5, 0.6) is 0 Å². The molecule has 1 aromatic rings. The fourth-order valence-electron chi connectivity index (χ4n) is 1.92. The molecule has 1 amide bonds. The van der Waals surface area contributed by atoms with E-state index in [0.29, 0.717) is 5.92 Å². The quantitative estimate of drug-likeness (QED) is 0.547. The van der Waals surface area contributed by atoms with Gasteiger partial charge in [-0.25, -0.2) is 0 Å². The molecule has 0 aliphatic rings. The second-order valence-electron chi connectivity index (χ2n) is 5.83. The lowest BCUT2D eigenvalue weighted by Gasteiger charge is -2.14. The van der Waals surface area contributed by atoms with Gasteiger partial charge >= 0.3 is 0 Å². The smallest absolute Gasteiger partial charge is 0.294 e. The minimum atomic E-state index is -0.403. The number of rotatable bonds is 8. The maximum Gasteiger partial charge on any atom is 0.294 e. The van der Waals surface area contributed by atoms with Crippen molar-refractivity contribution in [2.24, 2.45) is 5.92 Å². The van der Waals surface area contributed by atoms with Crippen LogP contribution < -0.4 is 16.7 Å². The number of carbonyl (C=O) groups excluding carboxylic acids is 1. The van der Waals surface area contributed by atoms with Gasteiger partial charge in [-0.1, -0.05) is 38.5 Å². The molecule has 124 valence electrons. The lowest BCUT2D eigenvalue weighted by Crippen LogP contribution is -2.35. The first kappa shape index (κ1) is 18.5. The zero-order valence-corrected chi connectivity index (χ0v) is 14.4. The number of nitrogens with zero attached hydrogens (tertiary/aromatic N) is 3. The van der Waals surface area contributed by atoms with E-state index in [1.165, 1.54) is 0 Å². The Morgan fingerprint density at radius 2 is 2.00 bits per heavy atom. The molecule has 8 heteroatoms. The average molecular weight is 327 g/mol. The van der Waals surface area contributed by atoms with E-state index < -0.39 is 5.56 Å². The van der Waals surface area contributed by atoms with Gasteiger partial charge in [0, 0.05) is 6.04 Å². The van der Waals surface area contributed by atoms with Crippen LogP contribution in [0.25, 0.3) is 0 Å². The SMILES string of the molecule is Cc1nnc(SCC(=O)N[C@H](C)CCCC(C)C)n(N)c1=O. The molecule has 7 nitrogen and oxygen atoms in total. The van der Waals surface area contributed by atoms with Gasteiger partial charge in [0.2, 0.25) is 11.1 Å². The lowest BCUT2D eigenvalue weighted by molar-refractivity contribution is -0.119. The third-order valence-corrected chi connectivity index (χ3v) is 4.12. The molecule has 0 unspecified atom stereocenters. The van der Waals surface area contributed by atoms with Crippen molar-refractivity contribution < 1.29 is 4.79 Å². The van der Waals surface area contributed by atoms with Crippen LogP contribution in [0.3, 0.4) is 0 Å². The highest BCUT2D eigenvalue weighted by molar-refractivity contribution is 7.99. The van der Waals surface area contributed by atoms with Gasteiger partial charge in [-0.2, -0.15) is 4.68 Å². The van der Waals surface area contributed by atoms with Crippen LogP contribution in [0.15, 0.2) is 9.95 Å². The molecule has 1 atom stereocenters. The van der Waals surface area contributed by atoms with Crippen molar-refractivity contribution in [2.45, 2.75) is 58.2 Å². The molecule has 1 aromatic heterocycles. The Morgan fingerprint density at radius 3 is 2.64 bits per heavy atom. The van der Waals surface area contributed by atoms with Gasteiger partial charge in [0.05, 0.1) is 5.75 Å². The summed E-state index contributed by atoms with van der Waals surface area (Å²) in [7, 11) is 0. The molecule has 0 aliphatic heterocycles. The largest absolute Gasteiger partial charge is 0.353 e. The van der Waals surface area contributed by atoms with Gasteiger partial charge in [-0.05, 0) is 26.2 Å². The Hall–Kier alpha value is -1.57. The van der Waals surface area contributed by atoms with Gasteiger partial charge in [-0.15, -0.1) is 10.2 Å². The number of aryl methyl sites for hydroxylation is 1. The van der Waals surface area contributed by atoms with E-state index in [0.717, 1.165) is 35.7 Å². The number of hydrogen-bond donors (Lipinski definition) is 2. The molecule has 22 heavy (non-hydrogen) atoms. The predicted octanol–water partition coefficient (Wildman–Crippen LogP) is 1.08. The van der Waals surface area contributed by atoms with Crippen molar-refractivity contribution in [1.82, 2.24) is 20.2 Å². The third kappa shape index (κ3) is 6.05. The average Bonchev–Trinajstić information content (AvgIpc) is 2.43. The van der Waals surface area contributed by atoms with Gasteiger partial charge in [0.1, 0.15) is 5.69 Å². The number of hydrogen-bond acceptors (Lipinski definition) is 6. The summed E-state index contributed by atoms with van der Waals surface area (Å²) < 4.78 is 0.923. The van der Waals surface area contributed by atoms with Crippen molar-refractivity contribution in [1.29, 1.82) is 0 Å². The van der Waals surface area contributed by atoms with Gasteiger partial charge in [-0.3, -0.25) is 9.59 Å². The summed E-state index contributed by atoms with van der Waals surface area (Å²) in [6.07, 6.45) is 3.21. The first-order valence-corrected chi connectivity index (χ1v) is 8.43. The highest BCUT2D eigenvalue weighted by Gasteiger charge is 2.12. The molecule has 0 saturated heterocycles. The molecule has 3 N–H and O–H groups in total. The maximum atomic E-state index is 11.9. The van der Waals surface area contributed by atoms with Crippen LogP contribution in [0.2, 0.25) is 0 Å². The summed E-state index contributed by atoms with van der Waals surface area (Å²) in [5.74, 6) is 6.35. The molecular formula is C14H25N5O2S. The Kier molecular flexibility index (Phi) is 7.37. The molecule has 0 saturated carbocycles. The minimum absolute atomic E-state index is 0.100. The predicted molar refractivity (Wildman–Crippen MR) is 88.2 cm³/mol. The third-order valence-electron chi connectivity index (χ3n) is 3.18. The van der Waals surface area contributed by atoms with E-state index in [4.69, 9.17) is 5.84 Å². The van der Waals surface area contributed by atoms with E-state index in [9.17, 15) is 9.59 Å². The van der Waals surface area contributed by atoms with Gasteiger partial charge < -0.3 is 11.2 Å². The molecule has 0 bridgehead atoms. The number of nitrogens with one attached hydrogen (secondary N) is 1. The monoisotopic (exact) mass is 327 g/mol. The van der Waals surface area contributed by atoms with Crippen molar-refractivity contribution in [3.63, 3.8) is 0 Å². The Morgan fingerprint density at radius 1 is 1.32 bits per heavy atom. The van der Waals surface area contributed by atoms with Crippen LogP contribution in [-0.4, -0.2) is 32.6 Å². The van der Waals surface area contributed by atoms with Crippen molar-refractivity contribution in [3.8, 4) is 0 Å². The van der Waals surface area contributed by atoms with E-state index in [2.05, 4.69) is 29.4 Å². The molecule has 0 fully saturated rings. The first-order valence-electron chi connectivity index (χ1n) is 7.44. The Bertz CT molecular complexity index is 559. The normalized spacial score (nSPS) is 12.4. The fraction of sp³-hybridized carbons (Fsp3) is 0.714. The maximum absolute atomic E-state index is 11.9. The molecule has 0 radical (unpaired) electrons. The van der Waals surface area contributed by atoms with Crippen molar-refractivity contribution in [3.05, 3.63) is 16.0 Å². The van der Waals surface area contributed by atoms with Gasteiger partial charge in [0.25, 0.3) is 5.56 Å². The lowest BCUT2D eigenvalue weighted by atomic mass is 10.0. The van der Waals surface area contributed by atoms with Crippen LogP contribution in [0, 0.1) is 12.8 Å². The number of aromatic nitrogens is 3. The van der Waals surface area contributed by atoms with Crippen LogP contribution >= 0.6 is 11.8 Å². The number of nitrogen functional groups attached to an aromatic ring is 1. The molecular weight excluding hydrogens is 302 g/mol. The highest BCUT2D eigenvalue weighted by atomic mass is 32.2. The molecule has 0 spiro atoms. The van der Waals surface area contributed by atoms with Crippen LogP contribution in [-0.2, 0) is 4.79 Å². The standard InChI is InChI=1S/C14H25N5O2S/c1-9(2)6-5-7-10(3)16-12(20)8-22-14-18-17-11(4)13(21)19(14)15/h9-10H,5-8,15H2,1-4H3,(H,16,20)/t10-/m1/s1. The Labute approximate surface area is 135 Å². The van der Waals surface area contributed by atoms with E-state index in [-0.39, 0.29) is 28.6 Å². The zero-order valence-electron chi connectivity index (χ0n) is 13.6. The van der Waals surface area contributed by atoms with E-state index in [1.54, 1.807) is 6.92 Å². The number of carbonyl (C=O) groups is 1. The minimum Gasteiger partial charge on any atom is -0.353 e. The summed E-state index contributed by atoms with van der Waals surface area (Å²) in [5.41, 5.74) is -0.171. The van der Waals surface area contributed by atoms with Crippen LogP contribution in [0.4, 0.5) is 0 Å². The summed E-state index contributed by atoms with van der Waals surface area (Å²) >= 11 is 1.10. The summed E-state index contributed by atoms with van der Waals surface area (Å²) in [6, 6.07) is 0.135. The van der Waals surface area contributed by atoms with Gasteiger partial charge in [0.15, 0.2) is 0 Å². The zero-order chi connectivity index (χ0) is 16.7. The second kappa shape index (κ2) is 8.77. The Balaban J connectivity index is 2.40. The summed E-state index contributed by atoms with van der Waals surface area (Å²) in [6.45, 7) is 7.91. The topological polar surface area (TPSA) is 103 Å². The summed E-state index contributed by atoms with van der Waals surface area (Å²) in [5, 5.41) is 10.7. The van der Waals surface area contributed by atoms with Crippen molar-refractivity contribution >= 4 is 17.7 Å². The fourth-order valence-corrected chi connectivity index (χ4v) is 2.58. The number of amides is 1. The van der Waals surface area contributed by atoms with E-state index in [1.807, 2.05) is 6.92 Å². The molecule has 1 heterocycles. The van der Waals surface area contributed by atoms with Crippen molar-refractivity contribution in [2.75, 3.05) is 11.6 Å². The first-order chi connectivity index (χ1) is 10.3. The van der Waals surface area contributed by atoms with E-state index >= 15 is 0 Å². The second-order valence-corrected chi connectivity index (χ2v) is 6.77. The molecule has 0 aromatic carbocycles. The highest BCUT2D eigenvalue weighted by Crippen LogP contribution is 2.11. The summed E-state index contributed by atoms with van der Waals surface area (Å²) in [4.78, 5) is 23.5. The number of thioether (sulfide) groups is 1.